The van der Waals surface area contributed by atoms with Gasteiger partial charge < -0.3 is 15.2 Å². The number of hydrogen-bond acceptors (Lipinski definition) is 4. The van der Waals surface area contributed by atoms with E-state index in [0.29, 0.717) is 18.0 Å². The highest BCUT2D eigenvalue weighted by Gasteiger charge is 2.36. The van der Waals surface area contributed by atoms with Crippen molar-refractivity contribution in [3.8, 4) is 0 Å². The van der Waals surface area contributed by atoms with E-state index in [1.54, 1.807) is 13.0 Å². The molecule has 0 spiro atoms. The highest BCUT2D eigenvalue weighted by atomic mass is 16.5. The zero-order valence-electron chi connectivity index (χ0n) is 12.8. The Kier molecular flexibility index (Phi) is 4.24. The summed E-state index contributed by atoms with van der Waals surface area (Å²) in [7, 11) is 0. The molecular weight excluding hydrogens is 278 g/mol. The van der Waals surface area contributed by atoms with Gasteiger partial charge in [0.1, 0.15) is 5.76 Å². The van der Waals surface area contributed by atoms with Crippen LogP contribution >= 0.6 is 0 Å². The second-order valence-corrected chi connectivity index (χ2v) is 5.94. The van der Waals surface area contributed by atoms with Gasteiger partial charge in [-0.1, -0.05) is 35.5 Å². The van der Waals surface area contributed by atoms with Gasteiger partial charge in [-0.25, -0.2) is 0 Å². The number of piperidine rings is 1. The van der Waals surface area contributed by atoms with Crippen molar-refractivity contribution in [2.24, 2.45) is 0 Å². The second-order valence-electron chi connectivity index (χ2n) is 5.94. The summed E-state index contributed by atoms with van der Waals surface area (Å²) in [6.07, 6.45) is 2.38. The quantitative estimate of drug-likeness (QED) is 0.910. The molecular formula is C17H21N3O2. The SMILES string of the molecule is Cc1cc(NC(=O)CC2(c3ccccc3)CCNCC2)no1. The summed E-state index contributed by atoms with van der Waals surface area (Å²) in [5.41, 5.74) is 1.14. The summed E-state index contributed by atoms with van der Waals surface area (Å²) in [6.45, 7) is 3.68. The molecule has 1 aliphatic heterocycles. The Morgan fingerprint density at radius 3 is 2.68 bits per heavy atom. The summed E-state index contributed by atoms with van der Waals surface area (Å²) in [5.74, 6) is 1.16. The maximum atomic E-state index is 12.5. The van der Waals surface area contributed by atoms with Crippen molar-refractivity contribution in [2.45, 2.75) is 31.6 Å². The molecule has 1 aromatic heterocycles. The second kappa shape index (κ2) is 6.32. The molecule has 0 saturated carbocycles. The van der Waals surface area contributed by atoms with Gasteiger partial charge in [0.05, 0.1) is 0 Å². The van der Waals surface area contributed by atoms with E-state index in [0.717, 1.165) is 25.9 Å². The Morgan fingerprint density at radius 1 is 1.32 bits per heavy atom. The van der Waals surface area contributed by atoms with Crippen LogP contribution in [0.5, 0.6) is 0 Å². The number of anilines is 1. The van der Waals surface area contributed by atoms with Gasteiger partial charge in [0, 0.05) is 17.9 Å². The molecule has 1 fully saturated rings. The van der Waals surface area contributed by atoms with E-state index in [4.69, 9.17) is 4.52 Å². The first-order chi connectivity index (χ1) is 10.7. The van der Waals surface area contributed by atoms with Crippen LogP contribution in [0.2, 0.25) is 0 Å². The molecule has 0 radical (unpaired) electrons. The van der Waals surface area contributed by atoms with Gasteiger partial charge in [0.15, 0.2) is 5.82 Å². The van der Waals surface area contributed by atoms with Crippen molar-refractivity contribution in [1.82, 2.24) is 10.5 Å². The van der Waals surface area contributed by atoms with Gasteiger partial charge in [0.2, 0.25) is 5.91 Å². The van der Waals surface area contributed by atoms with E-state index in [-0.39, 0.29) is 11.3 Å². The van der Waals surface area contributed by atoms with E-state index in [2.05, 4.69) is 27.9 Å². The van der Waals surface area contributed by atoms with Crippen LogP contribution in [0.25, 0.3) is 0 Å². The minimum Gasteiger partial charge on any atom is -0.360 e. The number of aryl methyl sites for hydroxylation is 1. The molecule has 0 atom stereocenters. The summed E-state index contributed by atoms with van der Waals surface area (Å²) < 4.78 is 4.99. The van der Waals surface area contributed by atoms with Gasteiger partial charge >= 0.3 is 0 Å². The molecule has 1 aromatic carbocycles. The van der Waals surface area contributed by atoms with Crippen LogP contribution in [0.3, 0.4) is 0 Å². The molecule has 5 nitrogen and oxygen atoms in total. The number of rotatable bonds is 4. The van der Waals surface area contributed by atoms with Gasteiger partial charge in [-0.3, -0.25) is 4.79 Å². The number of nitrogens with one attached hydrogen (secondary N) is 2. The first kappa shape index (κ1) is 14.8. The fourth-order valence-electron chi connectivity index (χ4n) is 3.18. The van der Waals surface area contributed by atoms with Crippen LogP contribution in [0, 0.1) is 6.92 Å². The molecule has 5 heteroatoms. The fraction of sp³-hybridized carbons (Fsp3) is 0.412. The number of carbonyl (C=O) groups excluding carboxylic acids is 1. The number of aromatic nitrogens is 1. The predicted octanol–water partition coefficient (Wildman–Crippen LogP) is 2.63. The van der Waals surface area contributed by atoms with Crippen molar-refractivity contribution in [2.75, 3.05) is 18.4 Å². The molecule has 2 heterocycles. The van der Waals surface area contributed by atoms with Gasteiger partial charge in [-0.2, -0.15) is 0 Å². The van der Waals surface area contributed by atoms with Crippen molar-refractivity contribution in [3.63, 3.8) is 0 Å². The molecule has 2 N–H and O–H groups in total. The number of nitrogens with zero attached hydrogens (tertiary/aromatic N) is 1. The molecule has 3 rings (SSSR count). The fourth-order valence-corrected chi connectivity index (χ4v) is 3.18. The Balaban J connectivity index is 1.77. The highest BCUT2D eigenvalue weighted by molar-refractivity contribution is 5.90. The first-order valence-electron chi connectivity index (χ1n) is 7.67. The van der Waals surface area contributed by atoms with Crippen LogP contribution in [0.15, 0.2) is 40.9 Å². The third-order valence-electron chi connectivity index (χ3n) is 4.34. The number of benzene rings is 1. The van der Waals surface area contributed by atoms with E-state index in [1.165, 1.54) is 5.56 Å². The maximum absolute atomic E-state index is 12.5. The van der Waals surface area contributed by atoms with E-state index < -0.39 is 0 Å². The topological polar surface area (TPSA) is 67.2 Å². The van der Waals surface area contributed by atoms with Gasteiger partial charge in [-0.05, 0) is 38.4 Å². The van der Waals surface area contributed by atoms with Crippen LogP contribution in [0.1, 0.15) is 30.6 Å². The summed E-state index contributed by atoms with van der Waals surface area (Å²) in [6, 6.07) is 12.1. The van der Waals surface area contributed by atoms with Crippen molar-refractivity contribution in [3.05, 3.63) is 47.7 Å². The third kappa shape index (κ3) is 3.20. The zero-order valence-corrected chi connectivity index (χ0v) is 12.8. The molecule has 1 aliphatic rings. The van der Waals surface area contributed by atoms with E-state index in [9.17, 15) is 4.79 Å². The Labute approximate surface area is 130 Å². The van der Waals surface area contributed by atoms with Crippen molar-refractivity contribution >= 4 is 11.7 Å². The lowest BCUT2D eigenvalue weighted by molar-refractivity contribution is -0.117. The smallest absolute Gasteiger partial charge is 0.226 e. The summed E-state index contributed by atoms with van der Waals surface area (Å²) in [4.78, 5) is 12.5. The van der Waals surface area contributed by atoms with Crippen LogP contribution in [-0.2, 0) is 10.2 Å². The predicted molar refractivity (Wildman–Crippen MR) is 84.7 cm³/mol. The third-order valence-corrected chi connectivity index (χ3v) is 4.34. The maximum Gasteiger partial charge on any atom is 0.226 e. The number of amides is 1. The molecule has 116 valence electrons. The number of carbonyl (C=O) groups is 1. The molecule has 22 heavy (non-hydrogen) atoms. The van der Waals surface area contributed by atoms with Crippen LogP contribution in [-0.4, -0.2) is 24.2 Å². The average molecular weight is 299 g/mol. The lowest BCUT2D eigenvalue weighted by atomic mass is 9.70. The lowest BCUT2D eigenvalue weighted by Gasteiger charge is -2.37. The summed E-state index contributed by atoms with van der Waals surface area (Å²) >= 11 is 0. The summed E-state index contributed by atoms with van der Waals surface area (Å²) in [5, 5.41) is 10.0. The molecule has 0 unspecified atom stereocenters. The van der Waals surface area contributed by atoms with Gasteiger partial charge in [0.25, 0.3) is 0 Å². The van der Waals surface area contributed by atoms with Crippen molar-refractivity contribution < 1.29 is 9.32 Å². The Hall–Kier alpha value is -2.14. The van der Waals surface area contributed by atoms with Crippen LogP contribution in [0.4, 0.5) is 5.82 Å². The monoisotopic (exact) mass is 299 g/mol. The van der Waals surface area contributed by atoms with Crippen molar-refractivity contribution in [1.29, 1.82) is 0 Å². The molecule has 0 bridgehead atoms. The number of hydrogen-bond donors (Lipinski definition) is 2. The molecule has 1 saturated heterocycles. The van der Waals surface area contributed by atoms with Gasteiger partial charge in [-0.15, -0.1) is 0 Å². The van der Waals surface area contributed by atoms with Crippen LogP contribution < -0.4 is 10.6 Å². The normalized spacial score (nSPS) is 17.1. The zero-order chi connectivity index (χ0) is 15.4. The lowest BCUT2D eigenvalue weighted by Crippen LogP contribution is -2.42. The molecule has 2 aromatic rings. The Bertz CT molecular complexity index is 630. The average Bonchev–Trinajstić information content (AvgIpc) is 2.94. The largest absolute Gasteiger partial charge is 0.360 e. The highest BCUT2D eigenvalue weighted by Crippen LogP contribution is 2.37. The minimum absolute atomic E-state index is 0.0148. The Morgan fingerprint density at radius 2 is 2.05 bits per heavy atom. The first-order valence-corrected chi connectivity index (χ1v) is 7.67. The van der Waals surface area contributed by atoms with E-state index >= 15 is 0 Å². The minimum atomic E-state index is -0.102. The standard InChI is InChI=1S/C17H21N3O2/c1-13-11-15(20-22-13)19-16(21)12-17(7-9-18-10-8-17)14-5-3-2-4-6-14/h2-6,11,18H,7-10,12H2,1H3,(H,19,20,21). The van der Waals surface area contributed by atoms with E-state index in [1.807, 2.05) is 18.2 Å². The molecule has 0 aliphatic carbocycles. The molecule has 1 amide bonds.